The maximum absolute atomic E-state index is 14.1. The van der Waals surface area contributed by atoms with E-state index in [0.717, 1.165) is 50.9 Å². The van der Waals surface area contributed by atoms with E-state index in [4.69, 9.17) is 16.2 Å². The number of hydrogen-bond donors (Lipinski definition) is 7. The van der Waals surface area contributed by atoms with Gasteiger partial charge in [0.05, 0.1) is 18.6 Å². The standard InChI is InChI=1S/C35H63N7O7.C5H11N/c1-7-8-9-13-16-29-24(5)35(48)42(6)28(17-22(2)3)33(46)41-30(25-14-11-10-12-15-25)34(47)39-26(18-36)31(44)40-27(19-37-21-43)32(45)38-23(4)20-49-29;1-4-2-5(6)3-4/h21-30H,7-20,36H2,1-6H3,(H,37,43)(H,38,45)(H,39,47)(H,40,44)(H,41,46);4-5H,2-3,6H2,1H3/t23-,24-,26?,27?,28?,29-,30?;/m1./s1. The van der Waals surface area contributed by atoms with Gasteiger partial charge in [-0.2, -0.15) is 0 Å². The molecule has 2 aliphatic carbocycles. The van der Waals surface area contributed by atoms with E-state index in [0.29, 0.717) is 38.1 Å². The molecular weight excluding hydrogens is 704 g/mol. The Balaban J connectivity index is 0.00000158. The molecule has 7 atom stereocenters. The average Bonchev–Trinajstić information content (AvgIpc) is 3.14. The van der Waals surface area contributed by atoms with Gasteiger partial charge in [-0.05, 0) is 63.2 Å². The number of likely N-dealkylation sites (N-methyl/N-ethyl adjacent to an activating group) is 1. The lowest BCUT2D eigenvalue weighted by Crippen LogP contribution is -2.62. The predicted molar refractivity (Wildman–Crippen MR) is 213 cm³/mol. The molecule has 0 aromatic rings. The predicted octanol–water partition coefficient (Wildman–Crippen LogP) is 1.85. The van der Waals surface area contributed by atoms with Crippen LogP contribution in [0.15, 0.2) is 0 Å². The minimum atomic E-state index is -1.21. The van der Waals surface area contributed by atoms with E-state index in [1.807, 2.05) is 13.8 Å². The second-order valence-electron chi connectivity index (χ2n) is 16.6. The van der Waals surface area contributed by atoms with E-state index in [9.17, 15) is 28.8 Å². The third-order valence-corrected chi connectivity index (χ3v) is 11.1. The first kappa shape index (κ1) is 47.9. The lowest BCUT2D eigenvalue weighted by molar-refractivity contribution is -0.147. The maximum atomic E-state index is 14.1. The second-order valence-corrected chi connectivity index (χ2v) is 16.6. The molecule has 1 saturated heterocycles. The summed E-state index contributed by atoms with van der Waals surface area (Å²) in [7, 11) is 1.63. The van der Waals surface area contributed by atoms with Crippen molar-refractivity contribution in [2.45, 2.75) is 167 Å². The summed E-state index contributed by atoms with van der Waals surface area (Å²) in [6, 6.07) is -4.15. The van der Waals surface area contributed by atoms with Gasteiger partial charge < -0.3 is 47.7 Å². The van der Waals surface area contributed by atoms with Gasteiger partial charge in [-0.3, -0.25) is 28.8 Å². The molecule has 1 aliphatic heterocycles. The fourth-order valence-corrected chi connectivity index (χ4v) is 7.64. The van der Waals surface area contributed by atoms with E-state index in [1.54, 1.807) is 20.9 Å². The molecule has 3 rings (SSSR count). The van der Waals surface area contributed by atoms with Gasteiger partial charge >= 0.3 is 0 Å². The third-order valence-electron chi connectivity index (χ3n) is 11.1. The molecule has 0 spiro atoms. The van der Waals surface area contributed by atoms with Crippen LogP contribution in [-0.2, 0) is 33.5 Å². The van der Waals surface area contributed by atoms with Gasteiger partial charge in [0.15, 0.2) is 0 Å². The summed E-state index contributed by atoms with van der Waals surface area (Å²) in [6.07, 6.45) is 11.6. The van der Waals surface area contributed by atoms with Crippen LogP contribution >= 0.6 is 0 Å². The molecule has 316 valence electrons. The van der Waals surface area contributed by atoms with Crippen LogP contribution in [-0.4, -0.2) is 110 Å². The summed E-state index contributed by atoms with van der Waals surface area (Å²) in [6.45, 7) is 11.5. The van der Waals surface area contributed by atoms with Gasteiger partial charge in [0.1, 0.15) is 24.2 Å². The zero-order chi connectivity index (χ0) is 41.1. The number of hydrogen-bond acceptors (Lipinski definition) is 9. The number of nitrogens with one attached hydrogen (secondary N) is 5. The number of carbonyl (C=O) groups excluding carboxylic acids is 6. The van der Waals surface area contributed by atoms with Gasteiger partial charge in [0, 0.05) is 32.2 Å². The summed E-state index contributed by atoms with van der Waals surface area (Å²) >= 11 is 0. The number of carbonyl (C=O) groups is 6. The monoisotopic (exact) mass is 779 g/mol. The molecule has 0 bridgehead atoms. The van der Waals surface area contributed by atoms with Crippen LogP contribution in [0.4, 0.5) is 0 Å². The third kappa shape index (κ3) is 16.4. The first-order valence-corrected chi connectivity index (χ1v) is 20.9. The van der Waals surface area contributed by atoms with Crippen LogP contribution in [0.3, 0.4) is 0 Å². The van der Waals surface area contributed by atoms with Crippen molar-refractivity contribution in [3.05, 3.63) is 0 Å². The Kier molecular flexibility index (Phi) is 21.8. The first-order chi connectivity index (χ1) is 26.1. The molecule has 6 amide bonds. The number of unbranched alkanes of at least 4 members (excludes halogenated alkanes) is 3. The molecule has 15 heteroatoms. The fraction of sp³-hybridized carbons (Fsp3) is 0.850. The smallest absolute Gasteiger partial charge is 0.244 e. The molecule has 0 aromatic heterocycles. The van der Waals surface area contributed by atoms with Crippen LogP contribution in [0.2, 0.25) is 0 Å². The van der Waals surface area contributed by atoms with Crippen LogP contribution in [0.25, 0.3) is 0 Å². The van der Waals surface area contributed by atoms with Crippen molar-refractivity contribution in [1.82, 2.24) is 31.5 Å². The van der Waals surface area contributed by atoms with Crippen molar-refractivity contribution >= 4 is 35.9 Å². The van der Waals surface area contributed by atoms with E-state index >= 15 is 0 Å². The normalized spacial score (nSPS) is 30.9. The van der Waals surface area contributed by atoms with E-state index < -0.39 is 65.9 Å². The molecular formula is C40H74N8O7. The van der Waals surface area contributed by atoms with Crippen molar-refractivity contribution in [2.75, 3.05) is 26.7 Å². The zero-order valence-corrected chi connectivity index (χ0v) is 34.7. The van der Waals surface area contributed by atoms with Crippen LogP contribution in [0.1, 0.15) is 125 Å². The molecule has 15 nitrogen and oxygen atoms in total. The van der Waals surface area contributed by atoms with E-state index in [1.165, 1.54) is 17.7 Å². The lowest BCUT2D eigenvalue weighted by Gasteiger charge is -2.36. The highest BCUT2D eigenvalue weighted by Crippen LogP contribution is 2.28. The van der Waals surface area contributed by atoms with Crippen LogP contribution < -0.4 is 38.1 Å². The molecule has 0 aromatic carbocycles. The molecule has 0 radical (unpaired) electrons. The molecule has 2 saturated carbocycles. The quantitative estimate of drug-likeness (QED) is 0.113. The minimum Gasteiger partial charge on any atom is -0.375 e. The average molecular weight is 779 g/mol. The Morgan fingerprint density at radius 2 is 1.51 bits per heavy atom. The lowest BCUT2D eigenvalue weighted by atomic mass is 9.83. The molecule has 3 aliphatic rings. The summed E-state index contributed by atoms with van der Waals surface area (Å²) in [4.78, 5) is 81.4. The molecule has 55 heavy (non-hydrogen) atoms. The van der Waals surface area contributed by atoms with Crippen molar-refractivity contribution in [2.24, 2.45) is 35.1 Å². The van der Waals surface area contributed by atoms with Crippen LogP contribution in [0.5, 0.6) is 0 Å². The summed E-state index contributed by atoms with van der Waals surface area (Å²) in [5, 5.41) is 13.6. The second kappa shape index (κ2) is 25.1. The topological polar surface area (TPSA) is 227 Å². The van der Waals surface area contributed by atoms with Gasteiger partial charge in [-0.1, -0.05) is 79.6 Å². The SMILES string of the molecule is CC1CC(N)C1.CCCCCC[C@H]1OC[C@@H](C)NC(=O)C(CNC=O)NC(=O)C(CN)NC(=O)C(C2CCCCC2)NC(=O)C(CC(C)C)N(C)C(=O)[C@@H]1C. The highest BCUT2D eigenvalue weighted by molar-refractivity contribution is 5.96. The summed E-state index contributed by atoms with van der Waals surface area (Å²) in [5.41, 5.74) is 11.4. The number of nitrogens with two attached hydrogens (primary N) is 2. The van der Waals surface area contributed by atoms with E-state index in [2.05, 4.69) is 40.4 Å². The molecule has 4 unspecified atom stereocenters. The minimum absolute atomic E-state index is 0.0717. The fourth-order valence-electron chi connectivity index (χ4n) is 7.64. The van der Waals surface area contributed by atoms with E-state index in [-0.39, 0.29) is 37.4 Å². The maximum Gasteiger partial charge on any atom is 0.244 e. The number of ether oxygens (including phenoxy) is 1. The zero-order valence-electron chi connectivity index (χ0n) is 34.7. The first-order valence-electron chi connectivity index (χ1n) is 20.9. The summed E-state index contributed by atoms with van der Waals surface area (Å²) < 4.78 is 6.31. The molecule has 1 heterocycles. The van der Waals surface area contributed by atoms with Crippen molar-refractivity contribution in [3.63, 3.8) is 0 Å². The number of nitrogens with zero attached hydrogens (tertiary/aromatic N) is 1. The summed E-state index contributed by atoms with van der Waals surface area (Å²) in [5.74, 6) is -2.28. The molecule has 3 fully saturated rings. The Labute approximate surface area is 329 Å². The van der Waals surface area contributed by atoms with Crippen molar-refractivity contribution < 1.29 is 33.5 Å². The highest BCUT2D eigenvalue weighted by atomic mass is 16.5. The van der Waals surface area contributed by atoms with Crippen molar-refractivity contribution in [3.8, 4) is 0 Å². The van der Waals surface area contributed by atoms with Gasteiger partial charge in [0.2, 0.25) is 35.9 Å². The van der Waals surface area contributed by atoms with Crippen molar-refractivity contribution in [1.29, 1.82) is 0 Å². The van der Waals surface area contributed by atoms with Gasteiger partial charge in [-0.25, -0.2) is 0 Å². The number of rotatable bonds is 12. The largest absolute Gasteiger partial charge is 0.375 e. The molecule has 9 N–H and O–H groups in total. The highest BCUT2D eigenvalue weighted by Gasteiger charge is 2.39. The Bertz CT molecular complexity index is 1200. The Morgan fingerprint density at radius 1 is 0.873 bits per heavy atom. The Hall–Kier alpha value is -3.30. The Morgan fingerprint density at radius 3 is 2.05 bits per heavy atom. The number of amides is 6. The van der Waals surface area contributed by atoms with Gasteiger partial charge in [0.25, 0.3) is 0 Å². The van der Waals surface area contributed by atoms with Gasteiger partial charge in [-0.15, -0.1) is 0 Å². The van der Waals surface area contributed by atoms with Crippen LogP contribution in [0, 0.1) is 23.7 Å².